The van der Waals surface area contributed by atoms with Crippen LogP contribution in [0.4, 0.5) is 0 Å². The lowest BCUT2D eigenvalue weighted by molar-refractivity contribution is 0.364. The van der Waals surface area contributed by atoms with Gasteiger partial charge in [0.15, 0.2) is 0 Å². The van der Waals surface area contributed by atoms with E-state index in [0.717, 1.165) is 5.92 Å². The Morgan fingerprint density at radius 1 is 1.09 bits per heavy atom. The van der Waals surface area contributed by atoms with Gasteiger partial charge in [-0.25, -0.2) is 0 Å². The minimum atomic E-state index is 1.00. The predicted molar refractivity (Wildman–Crippen MR) is 48.5 cm³/mol. The van der Waals surface area contributed by atoms with Gasteiger partial charge in [0.05, 0.1) is 0 Å². The van der Waals surface area contributed by atoms with Gasteiger partial charge in [-0.3, -0.25) is 0 Å². The zero-order chi connectivity index (χ0) is 7.68. The van der Waals surface area contributed by atoms with Crippen LogP contribution in [-0.2, 0) is 0 Å². The molecule has 2 aliphatic carbocycles. The molecule has 2 saturated carbocycles. The van der Waals surface area contributed by atoms with E-state index >= 15 is 0 Å². The zero-order valence-electron chi connectivity index (χ0n) is 7.53. The minimum absolute atomic E-state index is 1.00. The Hall–Kier alpha value is -0.260. The van der Waals surface area contributed by atoms with E-state index in [0.29, 0.717) is 0 Å². The van der Waals surface area contributed by atoms with E-state index in [9.17, 15) is 0 Å². The van der Waals surface area contributed by atoms with Crippen molar-refractivity contribution in [1.82, 2.24) is 0 Å². The maximum absolute atomic E-state index is 2.38. The first kappa shape index (κ1) is 7.39. The maximum Gasteiger partial charge on any atom is -0.0203 e. The van der Waals surface area contributed by atoms with Crippen LogP contribution in [-0.4, -0.2) is 0 Å². The Morgan fingerprint density at radius 3 is 2.18 bits per heavy atom. The lowest BCUT2D eigenvalue weighted by Gasteiger charge is -2.27. The number of rotatable bonds is 1. The molecule has 2 fully saturated rings. The Balaban J connectivity index is 2.04. The monoisotopic (exact) mass is 150 g/mol. The van der Waals surface area contributed by atoms with Gasteiger partial charge in [0, 0.05) is 0 Å². The lowest BCUT2D eigenvalue weighted by Crippen LogP contribution is -2.13. The van der Waals surface area contributed by atoms with Crippen molar-refractivity contribution in [1.29, 1.82) is 0 Å². The van der Waals surface area contributed by atoms with Gasteiger partial charge in [0.25, 0.3) is 0 Å². The van der Waals surface area contributed by atoms with Crippen LogP contribution in [0.25, 0.3) is 0 Å². The van der Waals surface area contributed by atoms with Crippen molar-refractivity contribution in [2.75, 3.05) is 0 Å². The second-order valence-corrected chi connectivity index (χ2v) is 4.12. The molecule has 62 valence electrons. The third kappa shape index (κ3) is 1.36. The summed E-state index contributed by atoms with van der Waals surface area (Å²) in [6.07, 6.45) is 10.2. The molecule has 2 rings (SSSR count). The Bertz CT molecular complexity index is 164. The van der Waals surface area contributed by atoms with E-state index in [-0.39, 0.29) is 0 Å². The predicted octanol–water partition coefficient (Wildman–Crippen LogP) is 3.68. The largest absolute Gasteiger partial charge is 0.0710 e. The third-order valence-corrected chi connectivity index (χ3v) is 3.48. The molecule has 2 aliphatic rings. The van der Waals surface area contributed by atoms with Gasteiger partial charge in [-0.05, 0) is 51.4 Å². The molecule has 0 saturated heterocycles. The molecule has 11 heavy (non-hydrogen) atoms. The maximum atomic E-state index is 2.38. The number of hydrogen-bond donors (Lipinski definition) is 0. The van der Waals surface area contributed by atoms with E-state index < -0.39 is 0 Å². The highest BCUT2D eigenvalue weighted by Crippen LogP contribution is 2.38. The van der Waals surface area contributed by atoms with Crippen LogP contribution in [0.3, 0.4) is 0 Å². The molecule has 0 heterocycles. The highest BCUT2D eigenvalue weighted by atomic mass is 14.3. The van der Waals surface area contributed by atoms with Crippen molar-refractivity contribution in [2.24, 2.45) is 5.92 Å². The van der Waals surface area contributed by atoms with Crippen molar-refractivity contribution in [2.45, 2.75) is 51.9 Å². The molecule has 0 radical (unpaired) electrons. The molecule has 0 heteroatoms. The van der Waals surface area contributed by atoms with Gasteiger partial charge < -0.3 is 0 Å². The third-order valence-electron chi connectivity index (χ3n) is 3.48. The summed E-state index contributed by atoms with van der Waals surface area (Å²) in [5.74, 6) is 1.00. The van der Waals surface area contributed by atoms with E-state index in [1.54, 1.807) is 5.57 Å². The van der Waals surface area contributed by atoms with Crippen molar-refractivity contribution in [3.05, 3.63) is 11.1 Å². The molecule has 0 atom stereocenters. The van der Waals surface area contributed by atoms with Crippen LogP contribution in [0.5, 0.6) is 0 Å². The van der Waals surface area contributed by atoms with Gasteiger partial charge in [-0.15, -0.1) is 0 Å². The molecule has 0 unspecified atom stereocenters. The second-order valence-electron chi connectivity index (χ2n) is 4.12. The fourth-order valence-electron chi connectivity index (χ4n) is 2.33. The highest BCUT2D eigenvalue weighted by Gasteiger charge is 2.22. The molecular formula is C11H18. The van der Waals surface area contributed by atoms with Crippen molar-refractivity contribution >= 4 is 0 Å². The molecule has 0 aromatic carbocycles. The average molecular weight is 150 g/mol. The number of hydrogen-bond acceptors (Lipinski definition) is 0. The summed E-state index contributed by atoms with van der Waals surface area (Å²) in [5.41, 5.74) is 3.59. The van der Waals surface area contributed by atoms with Crippen LogP contribution in [0.1, 0.15) is 51.9 Å². The van der Waals surface area contributed by atoms with E-state index in [4.69, 9.17) is 0 Å². The van der Waals surface area contributed by atoms with Crippen LogP contribution < -0.4 is 0 Å². The summed E-state index contributed by atoms with van der Waals surface area (Å²) in [6.45, 7) is 2.38. The molecule has 0 aromatic heterocycles. The van der Waals surface area contributed by atoms with E-state index in [1.165, 1.54) is 44.9 Å². The van der Waals surface area contributed by atoms with Gasteiger partial charge in [0.2, 0.25) is 0 Å². The smallest absolute Gasteiger partial charge is 0.0203 e. The van der Waals surface area contributed by atoms with Crippen LogP contribution in [0.15, 0.2) is 11.1 Å². The van der Waals surface area contributed by atoms with Crippen LogP contribution >= 0.6 is 0 Å². The molecule has 0 spiro atoms. The van der Waals surface area contributed by atoms with Gasteiger partial charge in [-0.1, -0.05) is 17.6 Å². The summed E-state index contributed by atoms with van der Waals surface area (Å²) >= 11 is 0. The molecular weight excluding hydrogens is 132 g/mol. The summed E-state index contributed by atoms with van der Waals surface area (Å²) in [6, 6.07) is 0. The normalized spacial score (nSPS) is 25.4. The van der Waals surface area contributed by atoms with Crippen molar-refractivity contribution in [3.63, 3.8) is 0 Å². The van der Waals surface area contributed by atoms with Gasteiger partial charge >= 0.3 is 0 Å². The topological polar surface area (TPSA) is 0 Å². The lowest BCUT2D eigenvalue weighted by atomic mass is 9.78. The average Bonchev–Trinajstić information content (AvgIpc) is 2.32. The molecule has 0 N–H and O–H groups in total. The highest BCUT2D eigenvalue weighted by molar-refractivity contribution is 5.19. The Kier molecular flexibility index (Phi) is 2.02. The Morgan fingerprint density at radius 2 is 1.73 bits per heavy atom. The summed E-state index contributed by atoms with van der Waals surface area (Å²) < 4.78 is 0. The summed E-state index contributed by atoms with van der Waals surface area (Å²) in [7, 11) is 0. The fraction of sp³-hybridized carbons (Fsp3) is 0.818. The standard InChI is InChI=1S/C11H18/c1-9(11-7-4-8-11)10-5-2-3-6-10/h11H,2-8H2,1H3. The molecule has 0 aromatic rings. The first-order chi connectivity index (χ1) is 5.38. The van der Waals surface area contributed by atoms with E-state index in [1.807, 2.05) is 5.57 Å². The van der Waals surface area contributed by atoms with Gasteiger partial charge in [0.1, 0.15) is 0 Å². The Labute approximate surface area is 69.7 Å². The summed E-state index contributed by atoms with van der Waals surface area (Å²) in [5, 5.41) is 0. The molecule has 0 amide bonds. The zero-order valence-corrected chi connectivity index (χ0v) is 7.53. The van der Waals surface area contributed by atoms with Crippen molar-refractivity contribution in [3.8, 4) is 0 Å². The van der Waals surface area contributed by atoms with Crippen LogP contribution in [0, 0.1) is 5.92 Å². The molecule has 0 nitrogen and oxygen atoms in total. The quantitative estimate of drug-likeness (QED) is 0.500. The number of allylic oxidation sites excluding steroid dienone is 2. The van der Waals surface area contributed by atoms with Crippen LogP contribution in [0.2, 0.25) is 0 Å². The van der Waals surface area contributed by atoms with Crippen molar-refractivity contribution < 1.29 is 0 Å². The summed E-state index contributed by atoms with van der Waals surface area (Å²) in [4.78, 5) is 0. The molecule has 0 aliphatic heterocycles. The first-order valence-corrected chi connectivity index (χ1v) is 5.06. The minimum Gasteiger partial charge on any atom is -0.0710 e. The van der Waals surface area contributed by atoms with E-state index in [2.05, 4.69) is 6.92 Å². The van der Waals surface area contributed by atoms with Gasteiger partial charge in [-0.2, -0.15) is 0 Å². The second kappa shape index (κ2) is 3.00. The first-order valence-electron chi connectivity index (χ1n) is 5.06. The molecule has 0 bridgehead atoms. The SMILES string of the molecule is CC(=C1CCCC1)C1CCC1. The fourth-order valence-corrected chi connectivity index (χ4v) is 2.33.